The quantitative estimate of drug-likeness (QED) is 0.332. The van der Waals surface area contributed by atoms with Crippen LogP contribution in [0.3, 0.4) is 0 Å². The van der Waals surface area contributed by atoms with Gasteiger partial charge < -0.3 is 19.8 Å². The van der Waals surface area contributed by atoms with Crippen LogP contribution in [0.5, 0.6) is 0 Å². The van der Waals surface area contributed by atoms with E-state index < -0.39 is 11.9 Å². The summed E-state index contributed by atoms with van der Waals surface area (Å²) in [6, 6.07) is 6.94. The van der Waals surface area contributed by atoms with Crippen molar-refractivity contribution in [3.8, 4) is 0 Å². The third-order valence-electron chi connectivity index (χ3n) is 1.88. The third kappa shape index (κ3) is 5.92. The van der Waals surface area contributed by atoms with Crippen molar-refractivity contribution < 1.29 is 55.8 Å². The van der Waals surface area contributed by atoms with Crippen molar-refractivity contribution >= 4 is 23.8 Å². The molecule has 2 rings (SSSR count). The first-order valence-electron chi connectivity index (χ1n) is 5.32. The molecule has 0 fully saturated rings. The molecule has 0 N–H and O–H groups in total. The van der Waals surface area contributed by atoms with E-state index >= 15 is 0 Å². The van der Waals surface area contributed by atoms with Gasteiger partial charge in [-0.1, -0.05) is 0 Å². The molecule has 2 amide bonds. The van der Waals surface area contributed by atoms with E-state index in [9.17, 15) is 9.59 Å². The molecule has 1 aromatic rings. The zero-order valence-corrected chi connectivity index (χ0v) is 16.4. The molecule has 0 aliphatic carbocycles. The van der Waals surface area contributed by atoms with E-state index in [1.165, 1.54) is 2.66 Å². The Morgan fingerprint density at radius 3 is 1.45 bits per heavy atom. The molecule has 7 nitrogen and oxygen atoms in total. The van der Waals surface area contributed by atoms with Crippen molar-refractivity contribution in [1.29, 1.82) is 0 Å². The fraction of sp³-hybridized carbons (Fsp3) is 0.167. The normalized spacial score (nSPS) is 11.7. The molecule has 1 aromatic carbocycles. The standard InChI is InChI=1S/C8H5NO2.2C2H4O2.Hg/c10-7-5-3-1-2-4-6(5)8(11)9-7;2*1-2(3)4;/h1-4H,(H,9,10,11);2*1H3,(H,3,4);/q;;;+3/p-3. The van der Waals surface area contributed by atoms with Crippen molar-refractivity contribution in [2.75, 3.05) is 0 Å². The second-order valence-corrected chi connectivity index (χ2v) is 6.03. The summed E-state index contributed by atoms with van der Waals surface area (Å²) < 4.78 is 1.32. The van der Waals surface area contributed by atoms with Gasteiger partial charge in [0.05, 0.1) is 0 Å². The Labute approximate surface area is 131 Å². The Balaban J connectivity index is 0.000000380. The van der Waals surface area contributed by atoms with Gasteiger partial charge in [-0.2, -0.15) is 0 Å². The maximum absolute atomic E-state index is 11.4. The molecule has 0 radical (unpaired) electrons. The molecule has 0 aromatic heterocycles. The van der Waals surface area contributed by atoms with E-state index in [1.54, 1.807) is 24.3 Å². The number of carboxylic acid groups (broad SMARTS) is 2. The molecule has 1 heterocycles. The summed E-state index contributed by atoms with van der Waals surface area (Å²) in [7, 11) is 0. The van der Waals surface area contributed by atoms with Crippen molar-refractivity contribution in [2.24, 2.45) is 0 Å². The molecule has 0 spiro atoms. The number of rotatable bonds is 0. The molecule has 1 aliphatic rings. The molecular weight excluding hydrogens is 455 g/mol. The van der Waals surface area contributed by atoms with Gasteiger partial charge in [-0.15, -0.1) is 0 Å². The zero-order chi connectivity index (χ0) is 15.9. The van der Waals surface area contributed by atoms with Crippen LogP contribution in [-0.4, -0.2) is 26.4 Å². The Morgan fingerprint density at radius 1 is 0.950 bits per heavy atom. The summed E-state index contributed by atoms with van der Waals surface area (Å²) in [4.78, 5) is 40.5. The second kappa shape index (κ2) is 8.41. The van der Waals surface area contributed by atoms with Crippen LogP contribution >= 0.6 is 0 Å². The van der Waals surface area contributed by atoms with E-state index in [-0.39, 0.29) is 38.2 Å². The van der Waals surface area contributed by atoms with Crippen molar-refractivity contribution in [3.05, 3.63) is 35.4 Å². The summed E-state index contributed by atoms with van der Waals surface area (Å²) in [6.45, 7) is 1.94. The predicted molar refractivity (Wildman–Crippen MR) is 58.3 cm³/mol. The summed E-state index contributed by atoms with van der Waals surface area (Å²) in [5, 5.41) is 17.8. The first-order chi connectivity index (χ1) is 9.18. The number of nitrogens with zero attached hydrogens (tertiary/aromatic N) is 1. The summed E-state index contributed by atoms with van der Waals surface area (Å²) in [5.41, 5.74) is 1.11. The molecule has 0 bridgehead atoms. The van der Waals surface area contributed by atoms with E-state index in [4.69, 9.17) is 19.8 Å². The van der Waals surface area contributed by atoms with Gasteiger partial charge in [0.15, 0.2) is 0 Å². The molecule has 0 atom stereocenters. The first-order valence-corrected chi connectivity index (χ1v) is 7.77. The summed E-state index contributed by atoms with van der Waals surface area (Å²) in [6.07, 6.45) is 0. The topological polar surface area (TPSA) is 118 Å². The van der Waals surface area contributed by atoms with Gasteiger partial charge in [-0.05, 0) is 13.8 Å². The SMILES string of the molecule is CC(=O)[O-].CC(=O)[O-].O=C1c2ccccc2C(=O)[N]1[Hg+2]. The fourth-order valence-corrected chi connectivity index (χ4v) is 2.56. The van der Waals surface area contributed by atoms with Gasteiger partial charge in [-0.3, -0.25) is 0 Å². The maximum atomic E-state index is 11.4. The Bertz CT molecular complexity index is 488. The summed E-state index contributed by atoms with van der Waals surface area (Å²) in [5.74, 6) is -2.42. The van der Waals surface area contributed by atoms with Gasteiger partial charge in [0, 0.05) is 11.9 Å². The number of benzene rings is 1. The number of aliphatic carboxylic acids is 2. The van der Waals surface area contributed by atoms with Gasteiger partial charge in [-0.25, -0.2) is 0 Å². The second-order valence-electron chi connectivity index (χ2n) is 3.57. The van der Waals surface area contributed by atoms with E-state index in [0.717, 1.165) is 13.8 Å². The molecule has 0 unspecified atom stereocenters. The number of fused-ring (bicyclic) bond motifs is 1. The van der Waals surface area contributed by atoms with Crippen LogP contribution < -0.4 is 10.2 Å². The molecule has 0 saturated heterocycles. The average molecular weight is 465 g/mol. The molecule has 0 saturated carbocycles. The minimum atomic E-state index is -1.08. The minimum absolute atomic E-state index is 0.0458. The van der Waals surface area contributed by atoms with Gasteiger partial charge in [0.2, 0.25) is 0 Å². The number of imide groups is 1. The zero-order valence-electron chi connectivity index (χ0n) is 10.9. The van der Waals surface area contributed by atoms with Gasteiger partial charge in [0.1, 0.15) is 0 Å². The van der Waals surface area contributed by atoms with Gasteiger partial charge >= 0.3 is 85.9 Å². The van der Waals surface area contributed by atoms with Crippen LogP contribution in [0.4, 0.5) is 0 Å². The van der Waals surface area contributed by atoms with Gasteiger partial charge in [0.25, 0.3) is 0 Å². The molecule has 20 heavy (non-hydrogen) atoms. The number of carbonyl (C=O) groups is 4. The van der Waals surface area contributed by atoms with Crippen LogP contribution in [0.25, 0.3) is 0 Å². The van der Waals surface area contributed by atoms with Crippen LogP contribution in [0.1, 0.15) is 34.6 Å². The Kier molecular flexibility index (Phi) is 7.67. The van der Waals surface area contributed by atoms with Crippen LogP contribution in [0.15, 0.2) is 24.3 Å². The van der Waals surface area contributed by atoms with Crippen molar-refractivity contribution in [2.45, 2.75) is 13.8 Å². The Hall–Kier alpha value is -1.76. The number of hydrogen-bond donors (Lipinski definition) is 0. The molecule has 101 valence electrons. The van der Waals surface area contributed by atoms with E-state index in [0.29, 0.717) is 11.1 Å². The van der Waals surface area contributed by atoms with Crippen molar-refractivity contribution in [3.63, 3.8) is 0 Å². The van der Waals surface area contributed by atoms with Crippen LogP contribution in [-0.2, 0) is 36.0 Å². The first kappa shape index (κ1) is 18.2. The third-order valence-corrected chi connectivity index (χ3v) is 4.11. The van der Waals surface area contributed by atoms with E-state index in [2.05, 4.69) is 0 Å². The van der Waals surface area contributed by atoms with E-state index in [1.807, 2.05) is 0 Å². The number of carbonyl (C=O) groups excluding carboxylic acids is 4. The fourth-order valence-electron chi connectivity index (χ4n) is 1.24. The Morgan fingerprint density at radius 2 is 1.20 bits per heavy atom. The van der Waals surface area contributed by atoms with Crippen LogP contribution in [0, 0.1) is 0 Å². The summed E-state index contributed by atoms with van der Waals surface area (Å²) >= 11 is 0.0458. The molecule has 8 heteroatoms. The number of carboxylic acids is 2. The average Bonchev–Trinajstić information content (AvgIpc) is 2.54. The number of hydrogen-bond acceptors (Lipinski definition) is 6. The monoisotopic (exact) mass is 466 g/mol. The molecule has 1 aliphatic heterocycles. The molecular formula is C12H10HgNO6. The van der Waals surface area contributed by atoms with Crippen LogP contribution in [0.2, 0.25) is 0 Å². The number of amides is 2. The predicted octanol–water partition coefficient (Wildman–Crippen LogP) is -1.74. The van der Waals surface area contributed by atoms with Crippen molar-refractivity contribution in [1.82, 2.24) is 2.66 Å².